The van der Waals surface area contributed by atoms with Crippen LogP contribution >= 0.6 is 0 Å². The van der Waals surface area contributed by atoms with Crippen LogP contribution in [0.25, 0.3) is 5.69 Å². The van der Waals surface area contributed by atoms with E-state index in [9.17, 15) is 9.59 Å². The molecule has 1 amide bonds. The van der Waals surface area contributed by atoms with Crippen molar-refractivity contribution in [1.29, 1.82) is 0 Å². The van der Waals surface area contributed by atoms with Crippen LogP contribution in [0.5, 0.6) is 0 Å². The zero-order valence-electron chi connectivity index (χ0n) is 15.2. The molecule has 2 heterocycles. The first-order valence-electron chi connectivity index (χ1n) is 8.61. The molecule has 1 aromatic carbocycles. The van der Waals surface area contributed by atoms with Gasteiger partial charge in [-0.2, -0.15) is 5.10 Å². The first-order valence-corrected chi connectivity index (χ1v) is 8.61. The van der Waals surface area contributed by atoms with E-state index in [1.165, 1.54) is 0 Å². The molecule has 3 rings (SSSR count). The van der Waals surface area contributed by atoms with E-state index in [0.29, 0.717) is 18.8 Å². The number of aliphatic carboxylic acids is 1. The SMILES string of the molecule is Cc1cc(C)cc(-n2nc(C(=O)N3CCOCC3CC(=O)O)cc2C)c1. The van der Waals surface area contributed by atoms with E-state index in [4.69, 9.17) is 9.84 Å². The van der Waals surface area contributed by atoms with Crippen LogP contribution in [0.2, 0.25) is 0 Å². The van der Waals surface area contributed by atoms with E-state index in [0.717, 1.165) is 22.5 Å². The Kier molecular flexibility index (Phi) is 5.08. The second kappa shape index (κ2) is 7.29. The molecule has 1 saturated heterocycles. The van der Waals surface area contributed by atoms with Crippen molar-refractivity contribution in [3.05, 3.63) is 46.8 Å². The largest absolute Gasteiger partial charge is 0.481 e. The second-order valence-electron chi connectivity index (χ2n) is 6.75. The first kappa shape index (κ1) is 18.1. The van der Waals surface area contributed by atoms with Gasteiger partial charge in [-0.05, 0) is 50.1 Å². The molecule has 0 aliphatic carbocycles. The van der Waals surface area contributed by atoms with Gasteiger partial charge in [0.25, 0.3) is 5.91 Å². The number of aryl methyl sites for hydroxylation is 3. The summed E-state index contributed by atoms with van der Waals surface area (Å²) in [6.07, 6.45) is -0.136. The van der Waals surface area contributed by atoms with Crippen LogP contribution < -0.4 is 0 Å². The minimum atomic E-state index is -0.949. The summed E-state index contributed by atoms with van der Waals surface area (Å²) in [5.41, 5.74) is 4.32. The molecule has 1 aromatic heterocycles. The summed E-state index contributed by atoms with van der Waals surface area (Å²) >= 11 is 0. The molecule has 7 nitrogen and oxygen atoms in total. The smallest absolute Gasteiger partial charge is 0.305 e. The number of carboxylic acids is 1. The number of ether oxygens (including phenoxy) is 1. The molecule has 1 aliphatic rings. The molecular weight excluding hydrogens is 334 g/mol. The van der Waals surface area contributed by atoms with Crippen LogP contribution in [-0.4, -0.2) is 57.5 Å². The molecule has 0 saturated carbocycles. The monoisotopic (exact) mass is 357 g/mol. The minimum Gasteiger partial charge on any atom is -0.481 e. The van der Waals surface area contributed by atoms with Gasteiger partial charge < -0.3 is 14.7 Å². The summed E-state index contributed by atoms with van der Waals surface area (Å²) in [5, 5.41) is 13.6. The topological polar surface area (TPSA) is 84.7 Å². The van der Waals surface area contributed by atoms with Gasteiger partial charge in [-0.15, -0.1) is 0 Å². The summed E-state index contributed by atoms with van der Waals surface area (Å²) < 4.78 is 7.09. The van der Waals surface area contributed by atoms with Crippen molar-refractivity contribution in [2.75, 3.05) is 19.8 Å². The fourth-order valence-electron chi connectivity index (χ4n) is 3.35. The molecule has 1 fully saturated rings. The van der Waals surface area contributed by atoms with Crippen LogP contribution in [0.3, 0.4) is 0 Å². The Labute approximate surface area is 152 Å². The fraction of sp³-hybridized carbons (Fsp3) is 0.421. The number of carbonyl (C=O) groups excluding carboxylic acids is 1. The van der Waals surface area contributed by atoms with Crippen LogP contribution in [0.1, 0.15) is 33.7 Å². The molecule has 1 unspecified atom stereocenters. The number of amides is 1. The van der Waals surface area contributed by atoms with Crippen molar-refractivity contribution in [3.63, 3.8) is 0 Å². The third-order valence-electron chi connectivity index (χ3n) is 4.46. The summed E-state index contributed by atoms with van der Waals surface area (Å²) in [5.74, 6) is -1.21. The van der Waals surface area contributed by atoms with Crippen molar-refractivity contribution in [3.8, 4) is 5.69 Å². The Morgan fingerprint density at radius 3 is 2.54 bits per heavy atom. The lowest BCUT2D eigenvalue weighted by molar-refractivity contribution is -0.139. The maximum Gasteiger partial charge on any atom is 0.305 e. The van der Waals surface area contributed by atoms with Crippen molar-refractivity contribution in [2.45, 2.75) is 33.2 Å². The van der Waals surface area contributed by atoms with Gasteiger partial charge in [-0.1, -0.05) is 6.07 Å². The van der Waals surface area contributed by atoms with Gasteiger partial charge in [0.15, 0.2) is 5.69 Å². The standard InChI is InChI=1S/C19H23N3O4/c1-12-6-13(2)8-15(7-12)22-14(3)9-17(20-22)19(25)21-4-5-26-11-16(21)10-18(23)24/h6-9,16H,4-5,10-11H2,1-3H3,(H,23,24). The summed E-state index contributed by atoms with van der Waals surface area (Å²) in [4.78, 5) is 25.6. The fourth-order valence-corrected chi connectivity index (χ4v) is 3.35. The molecule has 7 heteroatoms. The highest BCUT2D eigenvalue weighted by Crippen LogP contribution is 2.19. The van der Waals surface area contributed by atoms with Crippen LogP contribution in [0.4, 0.5) is 0 Å². The van der Waals surface area contributed by atoms with Gasteiger partial charge in [0.05, 0.1) is 31.4 Å². The van der Waals surface area contributed by atoms with E-state index in [1.807, 2.05) is 32.9 Å². The zero-order valence-corrected chi connectivity index (χ0v) is 15.2. The third kappa shape index (κ3) is 3.77. The van der Waals surface area contributed by atoms with Crippen molar-refractivity contribution < 1.29 is 19.4 Å². The molecule has 26 heavy (non-hydrogen) atoms. The second-order valence-corrected chi connectivity index (χ2v) is 6.75. The number of hydrogen-bond acceptors (Lipinski definition) is 4. The highest BCUT2D eigenvalue weighted by Gasteiger charge is 2.31. The number of benzene rings is 1. The molecule has 1 aliphatic heterocycles. The van der Waals surface area contributed by atoms with Gasteiger partial charge in [0, 0.05) is 12.2 Å². The molecule has 1 atom stereocenters. The highest BCUT2D eigenvalue weighted by molar-refractivity contribution is 5.93. The summed E-state index contributed by atoms with van der Waals surface area (Å²) in [6.45, 7) is 6.94. The van der Waals surface area contributed by atoms with E-state index in [1.54, 1.807) is 15.6 Å². The molecular formula is C19H23N3O4. The zero-order chi connectivity index (χ0) is 18.8. The molecule has 2 aromatic rings. The molecule has 0 spiro atoms. The maximum absolute atomic E-state index is 12.9. The van der Waals surface area contributed by atoms with E-state index in [-0.39, 0.29) is 18.9 Å². The number of hydrogen-bond donors (Lipinski definition) is 1. The number of morpholine rings is 1. The minimum absolute atomic E-state index is 0.136. The van der Waals surface area contributed by atoms with E-state index in [2.05, 4.69) is 11.2 Å². The third-order valence-corrected chi connectivity index (χ3v) is 4.46. The van der Waals surface area contributed by atoms with Crippen LogP contribution in [0, 0.1) is 20.8 Å². The number of carboxylic acid groups (broad SMARTS) is 1. The quantitative estimate of drug-likeness (QED) is 0.906. The lowest BCUT2D eigenvalue weighted by atomic mass is 10.1. The molecule has 0 bridgehead atoms. The van der Waals surface area contributed by atoms with Gasteiger partial charge >= 0.3 is 5.97 Å². The van der Waals surface area contributed by atoms with Crippen molar-refractivity contribution in [2.24, 2.45) is 0 Å². The normalized spacial score (nSPS) is 17.3. The van der Waals surface area contributed by atoms with Crippen molar-refractivity contribution >= 4 is 11.9 Å². The summed E-state index contributed by atoms with van der Waals surface area (Å²) in [7, 11) is 0. The van der Waals surface area contributed by atoms with Gasteiger partial charge in [0.2, 0.25) is 0 Å². The highest BCUT2D eigenvalue weighted by atomic mass is 16.5. The maximum atomic E-state index is 12.9. The van der Waals surface area contributed by atoms with Gasteiger partial charge in [-0.3, -0.25) is 9.59 Å². The average Bonchev–Trinajstić information content (AvgIpc) is 2.95. The Bertz CT molecular complexity index is 823. The predicted octanol–water partition coefficient (Wildman–Crippen LogP) is 2.11. The first-order chi connectivity index (χ1) is 12.3. The number of carbonyl (C=O) groups is 2. The molecule has 1 N–H and O–H groups in total. The number of nitrogens with zero attached hydrogens (tertiary/aromatic N) is 3. The molecule has 138 valence electrons. The Hall–Kier alpha value is -2.67. The Morgan fingerprint density at radius 1 is 1.19 bits per heavy atom. The Morgan fingerprint density at radius 2 is 1.88 bits per heavy atom. The van der Waals surface area contributed by atoms with E-state index < -0.39 is 12.0 Å². The van der Waals surface area contributed by atoms with E-state index >= 15 is 0 Å². The predicted molar refractivity (Wildman–Crippen MR) is 95.7 cm³/mol. The average molecular weight is 357 g/mol. The van der Waals surface area contributed by atoms with Crippen molar-refractivity contribution in [1.82, 2.24) is 14.7 Å². The number of rotatable bonds is 4. The van der Waals surface area contributed by atoms with Gasteiger partial charge in [-0.25, -0.2) is 4.68 Å². The van der Waals surface area contributed by atoms with Gasteiger partial charge in [0.1, 0.15) is 0 Å². The van der Waals surface area contributed by atoms with Crippen LogP contribution in [-0.2, 0) is 9.53 Å². The lowest BCUT2D eigenvalue weighted by Gasteiger charge is -2.34. The molecule has 0 radical (unpaired) electrons. The Balaban J connectivity index is 1.89. The summed E-state index contributed by atoms with van der Waals surface area (Å²) in [6, 6.07) is 7.39. The van der Waals surface area contributed by atoms with Crippen LogP contribution in [0.15, 0.2) is 24.3 Å². The lowest BCUT2D eigenvalue weighted by Crippen LogP contribution is -2.49. The number of aromatic nitrogens is 2.